The van der Waals surface area contributed by atoms with E-state index in [9.17, 15) is 4.79 Å². The molecular formula is C15H26N2O2. The van der Waals surface area contributed by atoms with E-state index in [-0.39, 0.29) is 5.91 Å². The molecule has 0 spiro atoms. The third kappa shape index (κ3) is 3.29. The highest BCUT2D eigenvalue weighted by Crippen LogP contribution is 2.32. The molecule has 3 fully saturated rings. The largest absolute Gasteiger partial charge is 0.375 e. The smallest absolute Gasteiger partial charge is 0.234 e. The van der Waals surface area contributed by atoms with Gasteiger partial charge in [-0.25, -0.2) is 0 Å². The maximum atomic E-state index is 12.1. The lowest BCUT2D eigenvalue weighted by Gasteiger charge is -2.43. The molecule has 1 saturated heterocycles. The minimum absolute atomic E-state index is 0.200. The SMILES string of the molecule is CC(NC(=O)CN1CCOC2CCCCC21)C1CC1. The van der Waals surface area contributed by atoms with Gasteiger partial charge in [0.1, 0.15) is 0 Å². The number of morpholine rings is 1. The van der Waals surface area contributed by atoms with Crippen LogP contribution in [-0.2, 0) is 9.53 Å². The van der Waals surface area contributed by atoms with Gasteiger partial charge in [-0.3, -0.25) is 9.69 Å². The Hall–Kier alpha value is -0.610. The van der Waals surface area contributed by atoms with Gasteiger partial charge in [-0.1, -0.05) is 12.8 Å². The van der Waals surface area contributed by atoms with Gasteiger partial charge in [-0.05, 0) is 38.5 Å². The molecule has 4 heteroatoms. The second-order valence-corrected chi connectivity index (χ2v) is 6.43. The van der Waals surface area contributed by atoms with Crippen molar-refractivity contribution in [3.05, 3.63) is 0 Å². The summed E-state index contributed by atoms with van der Waals surface area (Å²) in [4.78, 5) is 14.5. The molecule has 0 aromatic carbocycles. The Labute approximate surface area is 115 Å². The molecule has 1 amide bonds. The first-order chi connectivity index (χ1) is 9.24. The highest BCUT2D eigenvalue weighted by atomic mass is 16.5. The summed E-state index contributed by atoms with van der Waals surface area (Å²) in [5.74, 6) is 0.932. The summed E-state index contributed by atoms with van der Waals surface area (Å²) in [6, 6.07) is 0.833. The summed E-state index contributed by atoms with van der Waals surface area (Å²) in [6.45, 7) is 4.39. The molecule has 2 aliphatic carbocycles. The zero-order valence-electron chi connectivity index (χ0n) is 11.9. The summed E-state index contributed by atoms with van der Waals surface area (Å²) in [5.41, 5.74) is 0. The zero-order chi connectivity index (χ0) is 13.2. The van der Waals surface area contributed by atoms with E-state index < -0.39 is 0 Å². The number of rotatable bonds is 4. The van der Waals surface area contributed by atoms with Crippen LogP contribution in [0.15, 0.2) is 0 Å². The number of hydrogen-bond acceptors (Lipinski definition) is 3. The van der Waals surface area contributed by atoms with E-state index in [0.717, 1.165) is 19.1 Å². The van der Waals surface area contributed by atoms with E-state index in [1.54, 1.807) is 0 Å². The van der Waals surface area contributed by atoms with Crippen molar-refractivity contribution < 1.29 is 9.53 Å². The van der Waals surface area contributed by atoms with Gasteiger partial charge in [-0.2, -0.15) is 0 Å². The maximum Gasteiger partial charge on any atom is 0.234 e. The molecule has 4 nitrogen and oxygen atoms in total. The van der Waals surface area contributed by atoms with Crippen molar-refractivity contribution in [2.45, 2.75) is 63.6 Å². The Morgan fingerprint density at radius 2 is 2.11 bits per heavy atom. The number of carbonyl (C=O) groups is 1. The van der Waals surface area contributed by atoms with Crippen LogP contribution in [0.2, 0.25) is 0 Å². The Morgan fingerprint density at radius 1 is 1.32 bits per heavy atom. The third-order valence-corrected chi connectivity index (χ3v) is 4.91. The topological polar surface area (TPSA) is 41.6 Å². The third-order valence-electron chi connectivity index (χ3n) is 4.91. The molecule has 0 aromatic heterocycles. The number of carbonyl (C=O) groups excluding carboxylic acids is 1. The molecule has 1 N–H and O–H groups in total. The Morgan fingerprint density at radius 3 is 2.89 bits per heavy atom. The second kappa shape index (κ2) is 5.80. The minimum atomic E-state index is 0.200. The molecule has 3 aliphatic rings. The van der Waals surface area contributed by atoms with Crippen molar-refractivity contribution in [3.63, 3.8) is 0 Å². The lowest BCUT2D eigenvalue weighted by Crippen LogP contribution is -2.55. The van der Waals surface area contributed by atoms with Crippen LogP contribution in [-0.4, -0.2) is 48.7 Å². The van der Waals surface area contributed by atoms with Crippen LogP contribution in [0.5, 0.6) is 0 Å². The van der Waals surface area contributed by atoms with Crippen LogP contribution in [0.25, 0.3) is 0 Å². The Kier molecular flexibility index (Phi) is 4.08. The lowest BCUT2D eigenvalue weighted by atomic mass is 9.90. The van der Waals surface area contributed by atoms with Gasteiger partial charge < -0.3 is 10.1 Å². The number of amides is 1. The molecule has 1 aliphatic heterocycles. The van der Waals surface area contributed by atoms with Gasteiger partial charge in [0, 0.05) is 18.6 Å². The highest BCUT2D eigenvalue weighted by molar-refractivity contribution is 5.78. The van der Waals surface area contributed by atoms with Gasteiger partial charge >= 0.3 is 0 Å². The number of nitrogens with zero attached hydrogens (tertiary/aromatic N) is 1. The molecule has 2 saturated carbocycles. The summed E-state index contributed by atoms with van der Waals surface area (Å²) in [6.07, 6.45) is 7.85. The van der Waals surface area contributed by atoms with Crippen LogP contribution >= 0.6 is 0 Å². The zero-order valence-corrected chi connectivity index (χ0v) is 11.9. The molecule has 1 heterocycles. The first kappa shape index (κ1) is 13.4. The van der Waals surface area contributed by atoms with E-state index in [0.29, 0.717) is 24.7 Å². The molecule has 0 bridgehead atoms. The summed E-state index contributed by atoms with van der Waals surface area (Å²) in [7, 11) is 0. The van der Waals surface area contributed by atoms with Crippen molar-refractivity contribution in [2.75, 3.05) is 19.7 Å². The van der Waals surface area contributed by atoms with E-state index in [2.05, 4.69) is 17.1 Å². The first-order valence-corrected chi connectivity index (χ1v) is 7.89. The van der Waals surface area contributed by atoms with Crippen LogP contribution in [0.3, 0.4) is 0 Å². The van der Waals surface area contributed by atoms with E-state index >= 15 is 0 Å². The van der Waals surface area contributed by atoms with Gasteiger partial charge in [0.05, 0.1) is 19.3 Å². The Balaban J connectivity index is 1.51. The van der Waals surface area contributed by atoms with Crippen molar-refractivity contribution in [3.8, 4) is 0 Å². The normalized spacial score (nSPS) is 33.5. The summed E-state index contributed by atoms with van der Waals surface area (Å²) in [5, 5.41) is 3.16. The average molecular weight is 266 g/mol. The molecule has 3 atom stereocenters. The second-order valence-electron chi connectivity index (χ2n) is 6.43. The number of fused-ring (bicyclic) bond motifs is 1. The fourth-order valence-corrected chi connectivity index (χ4v) is 3.57. The van der Waals surface area contributed by atoms with E-state index in [1.165, 1.54) is 38.5 Å². The quantitative estimate of drug-likeness (QED) is 0.839. The fraction of sp³-hybridized carbons (Fsp3) is 0.933. The van der Waals surface area contributed by atoms with Gasteiger partial charge in [0.25, 0.3) is 0 Å². The molecule has 0 radical (unpaired) electrons. The molecule has 0 aromatic rings. The predicted molar refractivity (Wildman–Crippen MR) is 73.9 cm³/mol. The van der Waals surface area contributed by atoms with Crippen molar-refractivity contribution >= 4 is 5.91 Å². The Bertz CT molecular complexity index is 328. The average Bonchev–Trinajstić information content (AvgIpc) is 3.23. The van der Waals surface area contributed by atoms with Crippen LogP contribution in [0.1, 0.15) is 45.4 Å². The predicted octanol–water partition coefficient (Wildman–Crippen LogP) is 1.54. The van der Waals surface area contributed by atoms with Gasteiger partial charge in [-0.15, -0.1) is 0 Å². The minimum Gasteiger partial charge on any atom is -0.375 e. The summed E-state index contributed by atoms with van der Waals surface area (Å²) < 4.78 is 5.85. The molecule has 3 rings (SSSR count). The molecule has 19 heavy (non-hydrogen) atoms. The van der Waals surface area contributed by atoms with Crippen LogP contribution in [0.4, 0.5) is 0 Å². The van der Waals surface area contributed by atoms with E-state index in [4.69, 9.17) is 4.74 Å². The molecule has 108 valence electrons. The van der Waals surface area contributed by atoms with Crippen molar-refractivity contribution in [1.29, 1.82) is 0 Å². The maximum absolute atomic E-state index is 12.1. The molecule has 3 unspecified atom stereocenters. The van der Waals surface area contributed by atoms with Gasteiger partial charge in [0.2, 0.25) is 5.91 Å². The monoisotopic (exact) mass is 266 g/mol. The standard InChI is InChI=1S/C15H26N2O2/c1-11(12-6-7-12)16-15(18)10-17-8-9-19-14-5-3-2-4-13(14)17/h11-14H,2-10H2,1H3,(H,16,18). The van der Waals surface area contributed by atoms with Crippen molar-refractivity contribution in [1.82, 2.24) is 10.2 Å². The van der Waals surface area contributed by atoms with Crippen LogP contribution in [0, 0.1) is 5.92 Å². The van der Waals surface area contributed by atoms with Crippen LogP contribution < -0.4 is 5.32 Å². The highest BCUT2D eigenvalue weighted by Gasteiger charge is 2.35. The number of ether oxygens (including phenoxy) is 1. The van der Waals surface area contributed by atoms with E-state index in [1.807, 2.05) is 0 Å². The lowest BCUT2D eigenvalue weighted by molar-refractivity contribution is -0.130. The van der Waals surface area contributed by atoms with Crippen molar-refractivity contribution in [2.24, 2.45) is 5.92 Å². The number of nitrogens with one attached hydrogen (secondary N) is 1. The molecular weight excluding hydrogens is 240 g/mol. The fourth-order valence-electron chi connectivity index (χ4n) is 3.57. The number of hydrogen-bond donors (Lipinski definition) is 1. The first-order valence-electron chi connectivity index (χ1n) is 7.89. The van der Waals surface area contributed by atoms with Gasteiger partial charge in [0.15, 0.2) is 0 Å². The summed E-state index contributed by atoms with van der Waals surface area (Å²) >= 11 is 0.